The molecule has 24 heavy (non-hydrogen) atoms. The number of fused-ring (bicyclic) bond motifs is 1. The summed E-state index contributed by atoms with van der Waals surface area (Å²) in [6.45, 7) is 5.90. The number of likely N-dealkylation sites (N-methyl/N-ethyl adjacent to an activating group) is 1. The molecule has 0 fully saturated rings. The minimum Gasteiger partial charge on any atom is -0.494 e. The highest BCUT2D eigenvalue weighted by atomic mass is 16.5. The largest absolute Gasteiger partial charge is 0.494 e. The van der Waals surface area contributed by atoms with Crippen LogP contribution < -0.4 is 4.74 Å². The Balaban J connectivity index is 1.72. The molecule has 0 saturated carbocycles. The van der Waals surface area contributed by atoms with Crippen LogP contribution in [0, 0.1) is 0 Å². The van der Waals surface area contributed by atoms with Crippen LogP contribution in [0.2, 0.25) is 0 Å². The van der Waals surface area contributed by atoms with Crippen molar-refractivity contribution < 1.29 is 4.74 Å². The number of ether oxygens (including phenoxy) is 1. The molecule has 1 atom stereocenters. The highest BCUT2D eigenvalue weighted by molar-refractivity contribution is 5.44. The SMILES string of the molecule is CCOc1cc2c(cc1CN(C)[C@@H](C)Cc1cnccn1)CCC2. The van der Waals surface area contributed by atoms with Crippen LogP contribution in [-0.4, -0.2) is 34.6 Å². The van der Waals surface area contributed by atoms with E-state index in [-0.39, 0.29) is 0 Å². The Morgan fingerprint density at radius 3 is 2.71 bits per heavy atom. The summed E-state index contributed by atoms with van der Waals surface area (Å²) in [5.74, 6) is 1.05. The smallest absolute Gasteiger partial charge is 0.124 e. The summed E-state index contributed by atoms with van der Waals surface area (Å²) >= 11 is 0. The van der Waals surface area contributed by atoms with Crippen molar-refractivity contribution in [3.63, 3.8) is 0 Å². The van der Waals surface area contributed by atoms with Crippen molar-refractivity contribution in [1.29, 1.82) is 0 Å². The number of rotatable bonds is 7. The molecule has 4 nitrogen and oxygen atoms in total. The Bertz CT molecular complexity index is 672. The number of aryl methyl sites for hydroxylation is 2. The Morgan fingerprint density at radius 2 is 2.00 bits per heavy atom. The summed E-state index contributed by atoms with van der Waals surface area (Å²) in [5.41, 5.74) is 5.31. The van der Waals surface area contributed by atoms with Gasteiger partial charge in [-0.25, -0.2) is 0 Å². The van der Waals surface area contributed by atoms with Crippen molar-refractivity contribution in [2.24, 2.45) is 0 Å². The van der Waals surface area contributed by atoms with Crippen molar-refractivity contribution in [3.8, 4) is 5.75 Å². The van der Waals surface area contributed by atoms with Crippen LogP contribution in [-0.2, 0) is 25.8 Å². The first kappa shape index (κ1) is 16.9. The first-order valence-corrected chi connectivity index (χ1v) is 8.90. The molecule has 1 aliphatic carbocycles. The summed E-state index contributed by atoms with van der Waals surface area (Å²) in [6.07, 6.45) is 9.89. The maximum Gasteiger partial charge on any atom is 0.124 e. The second kappa shape index (κ2) is 7.75. The van der Waals surface area contributed by atoms with E-state index in [1.54, 1.807) is 12.4 Å². The number of hydrogen-bond acceptors (Lipinski definition) is 4. The zero-order valence-electron chi connectivity index (χ0n) is 15.0. The van der Waals surface area contributed by atoms with E-state index in [9.17, 15) is 0 Å². The molecule has 1 aliphatic rings. The van der Waals surface area contributed by atoms with E-state index < -0.39 is 0 Å². The van der Waals surface area contributed by atoms with Gasteiger partial charge in [-0.05, 0) is 57.4 Å². The predicted octanol–water partition coefficient (Wildman–Crippen LogP) is 3.43. The van der Waals surface area contributed by atoms with Crippen LogP contribution in [0.5, 0.6) is 5.75 Å². The molecule has 0 saturated heterocycles. The summed E-state index contributed by atoms with van der Waals surface area (Å²) < 4.78 is 5.91. The number of benzene rings is 1. The normalized spacial score (nSPS) is 14.7. The van der Waals surface area contributed by atoms with Gasteiger partial charge in [0.05, 0.1) is 12.3 Å². The lowest BCUT2D eigenvalue weighted by Crippen LogP contribution is -2.31. The zero-order valence-corrected chi connectivity index (χ0v) is 15.0. The van der Waals surface area contributed by atoms with Gasteiger partial charge in [0.15, 0.2) is 0 Å². The fourth-order valence-corrected chi connectivity index (χ4v) is 3.38. The van der Waals surface area contributed by atoms with E-state index in [1.165, 1.54) is 36.0 Å². The van der Waals surface area contributed by atoms with Crippen molar-refractivity contribution in [2.75, 3.05) is 13.7 Å². The molecular formula is C20H27N3O. The van der Waals surface area contributed by atoms with Gasteiger partial charge < -0.3 is 4.74 Å². The molecule has 0 N–H and O–H groups in total. The van der Waals surface area contributed by atoms with Crippen molar-refractivity contribution in [1.82, 2.24) is 14.9 Å². The molecule has 128 valence electrons. The molecule has 1 aromatic heterocycles. The standard InChI is InChI=1S/C20H27N3O/c1-4-24-20-12-17-7-5-6-16(17)11-18(20)14-23(3)15(2)10-19-13-21-8-9-22-19/h8-9,11-13,15H,4-7,10,14H2,1-3H3/t15-/m0/s1. The third-order valence-corrected chi connectivity index (χ3v) is 4.87. The van der Waals surface area contributed by atoms with E-state index in [0.29, 0.717) is 12.6 Å². The van der Waals surface area contributed by atoms with Crippen molar-refractivity contribution in [2.45, 2.75) is 52.1 Å². The Hall–Kier alpha value is -1.94. The number of hydrogen-bond donors (Lipinski definition) is 0. The van der Waals surface area contributed by atoms with Gasteiger partial charge in [0, 0.05) is 43.2 Å². The summed E-state index contributed by atoms with van der Waals surface area (Å²) in [5, 5.41) is 0. The summed E-state index contributed by atoms with van der Waals surface area (Å²) in [6, 6.07) is 5.02. The van der Waals surface area contributed by atoms with E-state index in [0.717, 1.165) is 24.4 Å². The fourth-order valence-electron chi connectivity index (χ4n) is 3.38. The number of aromatic nitrogens is 2. The molecule has 2 aromatic rings. The second-order valence-corrected chi connectivity index (χ2v) is 6.68. The molecule has 0 radical (unpaired) electrons. The molecule has 0 spiro atoms. The van der Waals surface area contributed by atoms with Gasteiger partial charge in [-0.2, -0.15) is 0 Å². The molecule has 0 aliphatic heterocycles. The van der Waals surface area contributed by atoms with Crippen LogP contribution >= 0.6 is 0 Å². The van der Waals surface area contributed by atoms with Crippen LogP contribution in [0.3, 0.4) is 0 Å². The zero-order chi connectivity index (χ0) is 16.9. The van der Waals surface area contributed by atoms with Crippen LogP contribution in [0.25, 0.3) is 0 Å². The van der Waals surface area contributed by atoms with Crippen LogP contribution in [0.15, 0.2) is 30.7 Å². The molecule has 0 unspecified atom stereocenters. The van der Waals surface area contributed by atoms with Gasteiger partial charge in [-0.3, -0.25) is 14.9 Å². The first-order valence-electron chi connectivity index (χ1n) is 8.90. The minimum absolute atomic E-state index is 0.393. The van der Waals surface area contributed by atoms with E-state index >= 15 is 0 Å². The highest BCUT2D eigenvalue weighted by Crippen LogP contribution is 2.31. The maximum atomic E-state index is 5.91. The Kier molecular flexibility index (Phi) is 5.46. The topological polar surface area (TPSA) is 38.2 Å². The minimum atomic E-state index is 0.393. The molecule has 0 bridgehead atoms. The van der Waals surface area contributed by atoms with Crippen LogP contribution in [0.4, 0.5) is 0 Å². The third-order valence-electron chi connectivity index (χ3n) is 4.87. The third kappa shape index (κ3) is 3.93. The Labute approximate surface area is 144 Å². The molecular weight excluding hydrogens is 298 g/mol. The van der Waals surface area contributed by atoms with Gasteiger partial charge in [0.2, 0.25) is 0 Å². The second-order valence-electron chi connectivity index (χ2n) is 6.68. The van der Waals surface area contributed by atoms with Gasteiger partial charge in [-0.15, -0.1) is 0 Å². The fraction of sp³-hybridized carbons (Fsp3) is 0.500. The molecule has 1 heterocycles. The lowest BCUT2D eigenvalue weighted by atomic mass is 10.0. The van der Waals surface area contributed by atoms with E-state index in [4.69, 9.17) is 4.74 Å². The quantitative estimate of drug-likeness (QED) is 0.782. The number of nitrogens with zero attached hydrogens (tertiary/aromatic N) is 3. The lowest BCUT2D eigenvalue weighted by molar-refractivity contribution is 0.240. The van der Waals surface area contributed by atoms with Gasteiger partial charge in [0.25, 0.3) is 0 Å². The maximum absolute atomic E-state index is 5.91. The monoisotopic (exact) mass is 325 g/mol. The van der Waals surface area contributed by atoms with Crippen LogP contribution in [0.1, 0.15) is 42.7 Å². The summed E-state index contributed by atoms with van der Waals surface area (Å²) in [4.78, 5) is 10.9. The average Bonchev–Trinajstić information content (AvgIpc) is 3.03. The summed E-state index contributed by atoms with van der Waals surface area (Å²) in [7, 11) is 2.17. The van der Waals surface area contributed by atoms with Gasteiger partial charge in [-0.1, -0.05) is 6.07 Å². The van der Waals surface area contributed by atoms with E-state index in [2.05, 4.69) is 47.9 Å². The van der Waals surface area contributed by atoms with Crippen molar-refractivity contribution >= 4 is 0 Å². The van der Waals surface area contributed by atoms with Crippen molar-refractivity contribution in [3.05, 3.63) is 53.1 Å². The predicted molar refractivity (Wildman–Crippen MR) is 96.3 cm³/mol. The first-order chi connectivity index (χ1) is 11.7. The van der Waals surface area contributed by atoms with E-state index in [1.807, 2.05) is 6.20 Å². The lowest BCUT2D eigenvalue weighted by Gasteiger charge is -2.26. The van der Waals surface area contributed by atoms with Gasteiger partial charge in [0.1, 0.15) is 5.75 Å². The molecule has 3 rings (SSSR count). The molecule has 4 heteroatoms. The Morgan fingerprint density at radius 1 is 1.21 bits per heavy atom. The average molecular weight is 325 g/mol. The highest BCUT2D eigenvalue weighted by Gasteiger charge is 2.18. The molecule has 0 amide bonds. The molecule has 1 aromatic carbocycles. The van der Waals surface area contributed by atoms with Gasteiger partial charge >= 0.3 is 0 Å².